The van der Waals surface area contributed by atoms with Gasteiger partial charge in [0, 0.05) is 23.7 Å². The number of anilines is 1. The van der Waals surface area contributed by atoms with Crippen LogP contribution >= 0.6 is 11.8 Å². The van der Waals surface area contributed by atoms with Crippen molar-refractivity contribution in [2.24, 2.45) is 0 Å². The number of carbonyl (C=O) groups excluding carboxylic acids is 1. The molecule has 4 nitrogen and oxygen atoms in total. The summed E-state index contributed by atoms with van der Waals surface area (Å²) in [5.41, 5.74) is 1.85. The van der Waals surface area contributed by atoms with Crippen molar-refractivity contribution in [3.8, 4) is 0 Å². The van der Waals surface area contributed by atoms with E-state index in [9.17, 15) is 4.79 Å². The van der Waals surface area contributed by atoms with E-state index in [1.807, 2.05) is 61.5 Å². The van der Waals surface area contributed by atoms with Crippen molar-refractivity contribution in [3.63, 3.8) is 0 Å². The molecule has 1 atom stereocenters. The largest absolute Gasteiger partial charge is 0.396 e. The second-order valence-electron chi connectivity index (χ2n) is 5.74. The number of aliphatic hydroxyl groups is 1. The van der Waals surface area contributed by atoms with Crippen molar-refractivity contribution in [2.45, 2.75) is 31.2 Å². The number of rotatable bonds is 8. The maximum absolute atomic E-state index is 12.8. The van der Waals surface area contributed by atoms with Gasteiger partial charge in [0.2, 0.25) is 0 Å². The van der Waals surface area contributed by atoms with Crippen molar-refractivity contribution < 1.29 is 9.90 Å². The van der Waals surface area contributed by atoms with Crippen LogP contribution in [0, 0.1) is 0 Å². The molecule has 0 fully saturated rings. The Balaban J connectivity index is 2.09. The lowest BCUT2D eigenvalue weighted by atomic mass is 10.1. The highest BCUT2D eigenvalue weighted by Crippen LogP contribution is 2.23. The average molecular weight is 359 g/mol. The van der Waals surface area contributed by atoms with Gasteiger partial charge in [0.15, 0.2) is 0 Å². The summed E-state index contributed by atoms with van der Waals surface area (Å²) in [5, 5.41) is 12.1. The molecule has 1 unspecified atom stereocenters. The molecule has 0 spiro atoms. The molecule has 0 radical (unpaired) electrons. The molecule has 0 saturated heterocycles. The van der Waals surface area contributed by atoms with Crippen molar-refractivity contribution >= 4 is 23.5 Å². The molecule has 0 aliphatic rings. The molecule has 5 heteroatoms. The minimum Gasteiger partial charge on any atom is -0.396 e. The van der Waals surface area contributed by atoms with Gasteiger partial charge in [-0.3, -0.25) is 0 Å². The summed E-state index contributed by atoms with van der Waals surface area (Å²) in [4.78, 5) is 15.7. The predicted octanol–water partition coefficient (Wildman–Crippen LogP) is 4.78. The van der Waals surface area contributed by atoms with Crippen LogP contribution in [0.5, 0.6) is 0 Å². The smallest absolute Gasteiger partial charge is 0.322 e. The second kappa shape index (κ2) is 10.1. The summed E-state index contributed by atoms with van der Waals surface area (Å²) in [6.45, 7) is 4.69. The van der Waals surface area contributed by atoms with Crippen molar-refractivity contribution in [1.82, 2.24) is 4.90 Å². The summed E-state index contributed by atoms with van der Waals surface area (Å²) in [5.74, 6) is 1.02. The minimum atomic E-state index is -0.152. The van der Waals surface area contributed by atoms with E-state index in [-0.39, 0.29) is 18.7 Å². The van der Waals surface area contributed by atoms with Crippen LogP contribution in [0.2, 0.25) is 0 Å². The Morgan fingerprint density at radius 2 is 1.84 bits per heavy atom. The van der Waals surface area contributed by atoms with Gasteiger partial charge in [-0.25, -0.2) is 4.79 Å². The third kappa shape index (κ3) is 5.80. The lowest BCUT2D eigenvalue weighted by molar-refractivity contribution is 0.182. The Bertz CT molecular complexity index is 647. The number of hydrogen-bond donors (Lipinski definition) is 2. The summed E-state index contributed by atoms with van der Waals surface area (Å²) in [7, 11) is 0. The van der Waals surface area contributed by atoms with E-state index in [0.717, 1.165) is 17.0 Å². The molecular formula is C20H26N2O2S. The van der Waals surface area contributed by atoms with Crippen molar-refractivity contribution in [1.29, 1.82) is 0 Å². The number of urea groups is 1. The number of carbonyl (C=O) groups is 1. The van der Waals surface area contributed by atoms with Gasteiger partial charge in [-0.2, -0.15) is 0 Å². The molecular weight excluding hydrogens is 332 g/mol. The fraction of sp³-hybridized carbons (Fsp3) is 0.350. The maximum atomic E-state index is 12.8. The van der Waals surface area contributed by atoms with E-state index in [4.69, 9.17) is 5.11 Å². The Labute approximate surface area is 154 Å². The van der Waals surface area contributed by atoms with E-state index in [2.05, 4.69) is 12.2 Å². The zero-order valence-electron chi connectivity index (χ0n) is 14.8. The fourth-order valence-electron chi connectivity index (χ4n) is 2.62. The van der Waals surface area contributed by atoms with Gasteiger partial charge < -0.3 is 15.3 Å². The summed E-state index contributed by atoms with van der Waals surface area (Å²) >= 11 is 1.77. The first-order valence-corrected chi connectivity index (χ1v) is 9.60. The molecule has 134 valence electrons. The zero-order valence-corrected chi connectivity index (χ0v) is 15.6. The van der Waals surface area contributed by atoms with Crippen LogP contribution in [0.15, 0.2) is 59.5 Å². The van der Waals surface area contributed by atoms with Gasteiger partial charge in [0.25, 0.3) is 0 Å². The summed E-state index contributed by atoms with van der Waals surface area (Å²) in [6, 6.07) is 17.6. The molecule has 0 saturated carbocycles. The molecule has 0 aliphatic heterocycles. The summed E-state index contributed by atoms with van der Waals surface area (Å²) < 4.78 is 0. The van der Waals surface area contributed by atoms with Gasteiger partial charge in [-0.1, -0.05) is 37.3 Å². The molecule has 25 heavy (non-hydrogen) atoms. The Hall–Kier alpha value is -1.98. The fourth-order valence-corrected chi connectivity index (χ4v) is 3.28. The number of nitrogens with zero attached hydrogens (tertiary/aromatic N) is 1. The molecule has 2 N–H and O–H groups in total. The lowest BCUT2D eigenvalue weighted by Gasteiger charge is -2.29. The zero-order chi connectivity index (χ0) is 18.1. The summed E-state index contributed by atoms with van der Waals surface area (Å²) in [6.07, 6.45) is 0.552. The first-order chi connectivity index (χ1) is 12.2. The van der Waals surface area contributed by atoms with E-state index in [1.165, 1.54) is 4.90 Å². The van der Waals surface area contributed by atoms with Gasteiger partial charge in [0.1, 0.15) is 0 Å². The van der Waals surface area contributed by atoms with Gasteiger partial charge in [-0.05, 0) is 48.9 Å². The third-order valence-electron chi connectivity index (χ3n) is 3.98. The molecule has 0 aromatic heterocycles. The topological polar surface area (TPSA) is 52.6 Å². The average Bonchev–Trinajstić information content (AvgIpc) is 2.64. The molecule has 0 heterocycles. The maximum Gasteiger partial charge on any atom is 0.322 e. The van der Waals surface area contributed by atoms with Crippen LogP contribution in [0.3, 0.4) is 0 Å². The Kier molecular flexibility index (Phi) is 7.82. The standard InChI is InChI=1S/C20H26N2O2S/c1-3-25-19-12-10-18(11-13-19)21-20(24)22(14-7-15-23)16(2)17-8-5-4-6-9-17/h4-6,8-13,16,23H,3,7,14-15H2,1-2H3,(H,21,24). The first-order valence-electron chi connectivity index (χ1n) is 8.62. The normalized spacial score (nSPS) is 11.8. The first kappa shape index (κ1) is 19.3. The van der Waals surface area contributed by atoms with E-state index < -0.39 is 0 Å². The highest BCUT2D eigenvalue weighted by atomic mass is 32.2. The number of benzene rings is 2. The van der Waals surface area contributed by atoms with Crippen molar-refractivity contribution in [2.75, 3.05) is 24.2 Å². The van der Waals surface area contributed by atoms with Crippen LogP contribution in [0.25, 0.3) is 0 Å². The Morgan fingerprint density at radius 3 is 2.44 bits per heavy atom. The van der Waals surface area contributed by atoms with Crippen LogP contribution in [-0.2, 0) is 0 Å². The Morgan fingerprint density at radius 1 is 1.16 bits per heavy atom. The number of aliphatic hydroxyl groups excluding tert-OH is 1. The quantitative estimate of drug-likeness (QED) is 0.668. The van der Waals surface area contributed by atoms with Gasteiger partial charge in [0.05, 0.1) is 6.04 Å². The van der Waals surface area contributed by atoms with E-state index >= 15 is 0 Å². The number of hydrogen-bond acceptors (Lipinski definition) is 3. The van der Waals surface area contributed by atoms with E-state index in [0.29, 0.717) is 13.0 Å². The monoisotopic (exact) mass is 358 g/mol. The molecule has 2 aromatic carbocycles. The molecule has 0 bridgehead atoms. The van der Waals surface area contributed by atoms with Crippen molar-refractivity contribution in [3.05, 3.63) is 60.2 Å². The number of thioether (sulfide) groups is 1. The van der Waals surface area contributed by atoms with E-state index in [1.54, 1.807) is 16.7 Å². The molecule has 2 aromatic rings. The molecule has 2 amide bonds. The van der Waals surface area contributed by atoms with Gasteiger partial charge in [-0.15, -0.1) is 11.8 Å². The minimum absolute atomic E-state index is 0.0637. The highest BCUT2D eigenvalue weighted by Gasteiger charge is 2.21. The second-order valence-corrected chi connectivity index (χ2v) is 7.08. The van der Waals surface area contributed by atoms with Crippen LogP contribution in [0.1, 0.15) is 31.9 Å². The predicted molar refractivity (Wildman–Crippen MR) is 105 cm³/mol. The number of amides is 2. The van der Waals surface area contributed by atoms with Crippen LogP contribution < -0.4 is 5.32 Å². The molecule has 0 aliphatic carbocycles. The third-order valence-corrected chi connectivity index (χ3v) is 4.88. The van der Waals surface area contributed by atoms with Gasteiger partial charge >= 0.3 is 6.03 Å². The SMILES string of the molecule is CCSc1ccc(NC(=O)N(CCCO)C(C)c2ccccc2)cc1. The van der Waals surface area contributed by atoms with Crippen LogP contribution in [-0.4, -0.2) is 34.9 Å². The molecule has 2 rings (SSSR count). The van der Waals surface area contributed by atoms with Crippen LogP contribution in [0.4, 0.5) is 10.5 Å². The number of nitrogens with one attached hydrogen (secondary N) is 1. The highest BCUT2D eigenvalue weighted by molar-refractivity contribution is 7.99. The lowest BCUT2D eigenvalue weighted by Crippen LogP contribution is -2.38.